The highest BCUT2D eigenvalue weighted by molar-refractivity contribution is 5.95. The highest BCUT2D eigenvalue weighted by atomic mass is 19.4. The minimum Gasteiger partial charge on any atom is -0.344 e. The molecule has 1 amide bonds. The highest BCUT2D eigenvalue weighted by Gasteiger charge is 2.37. The van der Waals surface area contributed by atoms with Crippen LogP contribution in [0.1, 0.15) is 40.1 Å². The van der Waals surface area contributed by atoms with E-state index < -0.39 is 41.0 Å². The topological polar surface area (TPSA) is 98.5 Å². The average molecular weight is 507 g/mol. The van der Waals surface area contributed by atoms with E-state index in [9.17, 15) is 31.1 Å². The SMILES string of the molecule is CC(NC(=O)c1cc(C(F)(F)F)cc(C(F)(F)F)c1)c1nccnc1-n1ncc(-c2ccccn2)n1. The van der Waals surface area contributed by atoms with Crippen LogP contribution in [0.3, 0.4) is 0 Å². The predicted octanol–water partition coefficient (Wildman–Crippen LogP) is 4.65. The fourth-order valence-corrected chi connectivity index (χ4v) is 3.23. The van der Waals surface area contributed by atoms with Crippen molar-refractivity contribution in [3.8, 4) is 17.2 Å². The Bertz CT molecular complexity index is 1350. The molecular weight excluding hydrogens is 492 g/mol. The van der Waals surface area contributed by atoms with Gasteiger partial charge in [0.1, 0.15) is 11.4 Å². The summed E-state index contributed by atoms with van der Waals surface area (Å²) in [6.45, 7) is 1.44. The molecule has 3 aromatic heterocycles. The van der Waals surface area contributed by atoms with E-state index in [0.29, 0.717) is 23.5 Å². The Morgan fingerprint density at radius 2 is 1.56 bits per heavy atom. The molecule has 0 spiro atoms. The van der Waals surface area contributed by atoms with Crippen LogP contribution in [-0.4, -0.2) is 35.9 Å². The molecule has 8 nitrogen and oxygen atoms in total. The monoisotopic (exact) mass is 507 g/mol. The van der Waals surface area contributed by atoms with Gasteiger partial charge in [0.15, 0.2) is 5.82 Å². The lowest BCUT2D eigenvalue weighted by Gasteiger charge is -2.17. The van der Waals surface area contributed by atoms with Crippen LogP contribution in [0.15, 0.2) is 61.2 Å². The molecule has 36 heavy (non-hydrogen) atoms. The minimum atomic E-state index is -5.09. The van der Waals surface area contributed by atoms with Crippen molar-refractivity contribution in [1.29, 1.82) is 0 Å². The van der Waals surface area contributed by atoms with Crippen molar-refractivity contribution in [1.82, 2.24) is 35.3 Å². The summed E-state index contributed by atoms with van der Waals surface area (Å²) in [5, 5.41) is 10.8. The van der Waals surface area contributed by atoms with Crippen molar-refractivity contribution in [3.05, 3.63) is 83.6 Å². The zero-order valence-electron chi connectivity index (χ0n) is 18.2. The second-order valence-electron chi connectivity index (χ2n) is 7.49. The van der Waals surface area contributed by atoms with Crippen molar-refractivity contribution in [3.63, 3.8) is 0 Å². The van der Waals surface area contributed by atoms with Gasteiger partial charge in [0.2, 0.25) is 0 Å². The minimum absolute atomic E-state index is 0.0520. The Hall–Kier alpha value is -4.36. The van der Waals surface area contributed by atoms with Crippen LogP contribution in [0.25, 0.3) is 17.2 Å². The van der Waals surface area contributed by atoms with Gasteiger partial charge in [0.05, 0.1) is 29.1 Å². The van der Waals surface area contributed by atoms with Crippen LogP contribution in [0.4, 0.5) is 26.3 Å². The molecule has 0 aliphatic carbocycles. The van der Waals surface area contributed by atoms with E-state index in [1.807, 2.05) is 0 Å². The number of rotatable bonds is 5. The number of hydrogen-bond donors (Lipinski definition) is 1. The van der Waals surface area contributed by atoms with Crippen LogP contribution < -0.4 is 5.32 Å². The molecule has 4 rings (SSSR count). The van der Waals surface area contributed by atoms with Gasteiger partial charge < -0.3 is 5.32 Å². The van der Waals surface area contributed by atoms with Gasteiger partial charge >= 0.3 is 12.4 Å². The third-order valence-corrected chi connectivity index (χ3v) is 4.92. The molecule has 14 heteroatoms. The number of nitrogens with one attached hydrogen (secondary N) is 1. The number of alkyl halides is 6. The number of carbonyl (C=O) groups excluding carboxylic acids is 1. The highest BCUT2D eigenvalue weighted by Crippen LogP contribution is 2.36. The van der Waals surface area contributed by atoms with Crippen LogP contribution in [-0.2, 0) is 12.4 Å². The van der Waals surface area contributed by atoms with Crippen LogP contribution in [0.2, 0.25) is 0 Å². The van der Waals surface area contributed by atoms with Crippen LogP contribution in [0, 0.1) is 0 Å². The number of aromatic nitrogens is 6. The summed E-state index contributed by atoms with van der Waals surface area (Å²) >= 11 is 0. The van der Waals surface area contributed by atoms with Gasteiger partial charge in [-0.3, -0.25) is 14.8 Å². The van der Waals surface area contributed by atoms with Crippen molar-refractivity contribution in [2.45, 2.75) is 25.3 Å². The Morgan fingerprint density at radius 1 is 0.889 bits per heavy atom. The quantitative estimate of drug-likeness (QED) is 0.395. The molecule has 186 valence electrons. The summed E-state index contributed by atoms with van der Waals surface area (Å²) in [5.41, 5.74) is -2.95. The number of amides is 1. The molecule has 0 aliphatic heterocycles. The molecule has 0 saturated heterocycles. The molecule has 1 N–H and O–H groups in total. The standard InChI is InChI=1S/C22H15F6N7O/c1-12(33-20(36)13-8-14(21(23,24)25)10-15(9-13)22(26,27)28)18-19(31-7-6-30-18)35-32-11-17(34-35)16-4-2-3-5-29-16/h2-12H,1H3,(H,33,36). The summed E-state index contributed by atoms with van der Waals surface area (Å²) < 4.78 is 78.9. The summed E-state index contributed by atoms with van der Waals surface area (Å²) in [7, 11) is 0. The first-order chi connectivity index (χ1) is 16.9. The first kappa shape index (κ1) is 24.8. The average Bonchev–Trinajstić information content (AvgIpc) is 3.33. The van der Waals surface area contributed by atoms with Gasteiger partial charge in [0.25, 0.3) is 5.91 Å². The Labute approximate surface area is 199 Å². The molecule has 1 atom stereocenters. The van der Waals surface area contributed by atoms with Gasteiger partial charge in [0, 0.05) is 24.2 Å². The Kier molecular flexibility index (Phi) is 6.43. The van der Waals surface area contributed by atoms with Crippen LogP contribution in [0.5, 0.6) is 0 Å². The number of halogens is 6. The van der Waals surface area contributed by atoms with E-state index in [4.69, 9.17) is 0 Å². The second-order valence-corrected chi connectivity index (χ2v) is 7.49. The summed E-state index contributed by atoms with van der Waals surface area (Å²) in [5.74, 6) is -1.08. The molecule has 1 unspecified atom stereocenters. The number of carbonyl (C=O) groups is 1. The maximum absolute atomic E-state index is 13.2. The molecule has 3 heterocycles. The number of hydrogen-bond acceptors (Lipinski definition) is 6. The third kappa shape index (κ3) is 5.31. The lowest BCUT2D eigenvalue weighted by molar-refractivity contribution is -0.143. The van der Waals surface area contributed by atoms with E-state index in [1.54, 1.807) is 24.4 Å². The van der Waals surface area contributed by atoms with E-state index in [0.717, 1.165) is 4.80 Å². The summed E-state index contributed by atoms with van der Waals surface area (Å²) in [6, 6.07) is 4.84. The fourth-order valence-electron chi connectivity index (χ4n) is 3.23. The van der Waals surface area contributed by atoms with Crippen molar-refractivity contribution in [2.75, 3.05) is 0 Å². The molecule has 0 bridgehead atoms. The van der Waals surface area contributed by atoms with Gasteiger partial charge in [-0.1, -0.05) is 6.07 Å². The maximum atomic E-state index is 13.2. The van der Waals surface area contributed by atoms with E-state index >= 15 is 0 Å². The number of nitrogens with zero attached hydrogens (tertiary/aromatic N) is 6. The molecule has 0 fully saturated rings. The lowest BCUT2D eigenvalue weighted by Crippen LogP contribution is -2.29. The first-order valence-electron chi connectivity index (χ1n) is 10.2. The van der Waals surface area contributed by atoms with Gasteiger partial charge in [-0.2, -0.15) is 31.4 Å². The third-order valence-electron chi connectivity index (χ3n) is 4.92. The molecule has 0 radical (unpaired) electrons. The van der Waals surface area contributed by atoms with E-state index in [1.165, 1.54) is 25.5 Å². The van der Waals surface area contributed by atoms with Crippen LogP contribution >= 0.6 is 0 Å². The zero-order valence-corrected chi connectivity index (χ0v) is 18.2. The van der Waals surface area contributed by atoms with Gasteiger partial charge in [-0.05, 0) is 37.3 Å². The Balaban J connectivity index is 1.63. The van der Waals surface area contributed by atoms with Crippen molar-refractivity contribution >= 4 is 5.91 Å². The number of benzene rings is 1. The molecule has 0 saturated carbocycles. The van der Waals surface area contributed by atoms with Crippen molar-refractivity contribution < 1.29 is 31.1 Å². The predicted molar refractivity (Wildman–Crippen MR) is 113 cm³/mol. The Morgan fingerprint density at radius 3 is 2.17 bits per heavy atom. The van der Waals surface area contributed by atoms with Gasteiger partial charge in [-0.15, -0.1) is 9.90 Å². The number of pyridine rings is 1. The van der Waals surface area contributed by atoms with E-state index in [-0.39, 0.29) is 17.6 Å². The molecular formula is C22H15F6N7O. The maximum Gasteiger partial charge on any atom is 0.416 e. The summed E-state index contributed by atoms with van der Waals surface area (Å²) in [4.78, 5) is 26.3. The largest absolute Gasteiger partial charge is 0.416 e. The summed E-state index contributed by atoms with van der Waals surface area (Å²) in [6.07, 6.45) is -4.55. The van der Waals surface area contributed by atoms with E-state index in [2.05, 4.69) is 30.5 Å². The van der Waals surface area contributed by atoms with Crippen molar-refractivity contribution in [2.24, 2.45) is 0 Å². The van der Waals surface area contributed by atoms with Gasteiger partial charge in [-0.25, -0.2) is 4.98 Å². The zero-order chi connectivity index (χ0) is 26.1. The second kappa shape index (κ2) is 9.36. The smallest absolute Gasteiger partial charge is 0.344 e. The lowest BCUT2D eigenvalue weighted by atomic mass is 10.0. The molecule has 4 aromatic rings. The molecule has 0 aliphatic rings. The molecule has 1 aromatic carbocycles. The first-order valence-corrected chi connectivity index (χ1v) is 10.2. The normalized spacial score (nSPS) is 12.9. The fraction of sp³-hybridized carbons (Fsp3) is 0.182.